The molecule has 0 radical (unpaired) electrons. The van der Waals surface area contributed by atoms with Crippen LogP contribution in [0.4, 0.5) is 57.3 Å². The molecule has 0 spiro atoms. The van der Waals surface area contributed by atoms with E-state index < -0.39 is 0 Å². The van der Waals surface area contributed by atoms with E-state index in [1.807, 2.05) is 267 Å². The van der Waals surface area contributed by atoms with E-state index in [0.717, 1.165) is 22.3 Å². The average Bonchev–Trinajstić information content (AvgIpc) is 0.928. The second-order valence-corrected chi connectivity index (χ2v) is 32.5. The van der Waals surface area contributed by atoms with Gasteiger partial charge < -0.3 is 51.1 Å². The Morgan fingerprint density at radius 1 is 0.193 bits per heavy atom. The van der Waals surface area contributed by atoms with Crippen LogP contribution in [0.25, 0.3) is 0 Å². The quantitative estimate of drug-likeness (QED) is 0.0199. The van der Waals surface area contributed by atoms with E-state index >= 15 is 0 Å². The topological polar surface area (TPSA) is 365 Å². The summed E-state index contributed by atoms with van der Waals surface area (Å²) in [6, 6.07) is 128. The molecule has 19 aromatic rings. The molecule has 0 aliphatic carbocycles. The molecule has 29 heteroatoms. The van der Waals surface area contributed by atoms with Crippen LogP contribution in [-0.4, -0.2) is 125 Å². The van der Waals surface area contributed by atoms with Crippen molar-refractivity contribution in [1.82, 2.24) is 15.0 Å². The summed E-state index contributed by atoms with van der Waals surface area (Å²) < 4.78 is 0. The fourth-order valence-corrected chi connectivity index (χ4v) is 15.2. The second kappa shape index (κ2) is 59.2. The normalized spacial score (nSPS) is 11.4. The van der Waals surface area contributed by atoms with Gasteiger partial charge in [0, 0.05) is 235 Å². The molecule has 0 atom stereocenters. The van der Waals surface area contributed by atoms with Crippen LogP contribution >= 0.6 is 11.3 Å². The molecular formula is C121H95N13O10SZn5. The zero-order chi connectivity index (χ0) is 101. The third-order valence-electron chi connectivity index (χ3n) is 21.8. The van der Waals surface area contributed by atoms with Crippen LogP contribution in [0.5, 0.6) is 57.5 Å². The van der Waals surface area contributed by atoms with Crippen molar-refractivity contribution in [3.05, 3.63) is 532 Å². The van der Waals surface area contributed by atoms with Gasteiger partial charge in [0.1, 0.15) is 74.6 Å². The van der Waals surface area contributed by atoms with Gasteiger partial charge in [-0.3, -0.25) is 15.0 Å². The molecule has 23 nitrogen and oxygen atoms in total. The smallest absolute Gasteiger partial charge is 0.178 e. The fourth-order valence-electron chi connectivity index (χ4n) is 14.5. The van der Waals surface area contributed by atoms with Gasteiger partial charge in [0.2, 0.25) is 0 Å². The van der Waals surface area contributed by atoms with Gasteiger partial charge in [-0.25, -0.2) is 49.9 Å². The summed E-state index contributed by atoms with van der Waals surface area (Å²) >= 11 is 1.49. The SMILES string of the molecule is CC(=Nc1cccnc1N=C(C)c1ccccc1O)c1ccccc1O.Oc1ccccc1C(=Nc1ccccc1N=C(c1ccccc1)c1ccccc1O)c1ccccc1.Oc1ccccc1C(=Nc1cccnc1N=C(c1ccccc1)c1ccccc1O)c1ccccc1.Oc1ccccc1C=Nc1cccnc1N=Cc1ccccc1O.Oc1ccccc1C=Nc1cscc1N=Cc1ccccc1O.[Zn].[Zn].[Zn].[Zn].[Zn]. The average molecular weight is 2250 g/mol. The molecule has 4 heterocycles. The maximum Gasteiger partial charge on any atom is 0.178 e. The molecule has 0 bridgehead atoms. The van der Waals surface area contributed by atoms with Crippen LogP contribution < -0.4 is 0 Å². The molecule has 15 aromatic carbocycles. The van der Waals surface area contributed by atoms with Gasteiger partial charge in [-0.2, -0.15) is 0 Å². The Hall–Kier alpha value is -16.7. The number of phenols is 10. The molecule has 0 saturated heterocycles. The maximum absolute atomic E-state index is 10.6. The summed E-state index contributed by atoms with van der Waals surface area (Å²) in [4.78, 5) is 59.4. The van der Waals surface area contributed by atoms with Crippen LogP contribution in [0.3, 0.4) is 0 Å². The van der Waals surface area contributed by atoms with Crippen molar-refractivity contribution in [3.63, 3.8) is 0 Å². The number of rotatable bonds is 24. The molecule has 0 amide bonds. The molecule has 0 saturated carbocycles. The standard InChI is InChI=1S/C32H24N2O2.C31H23N3O2.C21H19N3O2.C19H15N3O2.C18H14N2O2S.5Zn/c35-29-21-11-7-17-25(29)31(23-13-3-1-4-14-23)33-27-19-9-10-20-28(27)34-32(24-15-5-2-6-16-24)26-18-8-12-22-30(26)36;35-27-19-9-7-16-24(27)29(22-12-3-1-4-13-22)33-26-18-11-21-32-31(26)34-30(23-14-5-2-6-15-23)25-17-8-10-20-28(25)36;1-14(16-8-3-5-11-19(16)25)23-18-10-7-13-22-21(18)24-15(2)17-9-4-6-12-20(17)26;23-17-9-3-1-6-14(17)12-21-16-8-5-11-20-19(16)22-13-15-7-2-4-10-18(15)24;21-17-7-3-1-5-13(17)9-19-15-11-23-12-16(15)20-10-14-6-2-4-8-18(14)22;;;;;/h1-22,35-36H;1-21,35-36H;3-13,25-26H,1-2H3;1-13,23-24H;1-12,21-22H;;;;;. The minimum atomic E-state index is 0. The molecular weight excluding hydrogens is 2150 g/mol. The van der Waals surface area contributed by atoms with E-state index in [0.29, 0.717) is 147 Å². The number of para-hydroxylation sites is 12. The van der Waals surface area contributed by atoms with E-state index in [1.165, 1.54) is 17.6 Å². The minimum absolute atomic E-state index is 0. The first-order chi connectivity index (χ1) is 70.9. The molecule has 10 N–H and O–H groups in total. The number of aliphatic imine (C=N–C) groups is 10. The zero-order valence-electron chi connectivity index (χ0n) is 81.8. The summed E-state index contributed by atoms with van der Waals surface area (Å²) in [7, 11) is 0. The van der Waals surface area contributed by atoms with Crippen molar-refractivity contribution in [3.8, 4) is 57.5 Å². The molecule has 19 rings (SSSR count). The molecule has 0 unspecified atom stereocenters. The minimum Gasteiger partial charge on any atom is -0.507 e. The number of hydrogen-bond donors (Lipinski definition) is 10. The van der Waals surface area contributed by atoms with Crippen molar-refractivity contribution in [2.45, 2.75) is 13.8 Å². The van der Waals surface area contributed by atoms with Gasteiger partial charge in [0.25, 0.3) is 0 Å². The Balaban J connectivity index is 0.000000192. The summed E-state index contributed by atoms with van der Waals surface area (Å²) in [5.41, 5.74) is 17.8. The summed E-state index contributed by atoms with van der Waals surface area (Å²) in [6.45, 7) is 3.64. The van der Waals surface area contributed by atoms with Crippen LogP contribution in [0.15, 0.2) is 504 Å². The Kier molecular flexibility index (Phi) is 45.4. The van der Waals surface area contributed by atoms with Crippen molar-refractivity contribution < 1.29 is 148 Å². The monoisotopic (exact) mass is 2240 g/mol. The third-order valence-corrected chi connectivity index (χ3v) is 22.5. The van der Waals surface area contributed by atoms with Gasteiger partial charge >= 0.3 is 0 Å². The Bertz CT molecular complexity index is 7320. The third kappa shape index (κ3) is 32.1. The Labute approximate surface area is 935 Å². The zero-order valence-corrected chi connectivity index (χ0v) is 97.5. The van der Waals surface area contributed by atoms with Crippen LogP contribution in [0.2, 0.25) is 0 Å². The van der Waals surface area contributed by atoms with Crippen molar-refractivity contribution >= 4 is 128 Å². The maximum atomic E-state index is 10.6. The van der Waals surface area contributed by atoms with Crippen molar-refractivity contribution in [2.75, 3.05) is 0 Å². The first-order valence-electron chi connectivity index (χ1n) is 45.6. The number of aromatic nitrogens is 3. The number of nitrogens with zero attached hydrogens (tertiary/aromatic N) is 13. The number of aromatic hydroxyl groups is 10. The Morgan fingerprint density at radius 2 is 0.413 bits per heavy atom. The van der Waals surface area contributed by atoms with Crippen LogP contribution in [0, 0.1) is 0 Å². The number of benzene rings is 15. The second-order valence-electron chi connectivity index (χ2n) is 31.7. The van der Waals surface area contributed by atoms with E-state index in [1.54, 1.807) is 219 Å². The van der Waals surface area contributed by atoms with Gasteiger partial charge in [0.05, 0.1) is 51.3 Å². The van der Waals surface area contributed by atoms with Crippen molar-refractivity contribution in [1.29, 1.82) is 0 Å². The summed E-state index contributed by atoms with van der Waals surface area (Å²) in [6.07, 6.45) is 11.2. The first-order valence-corrected chi connectivity index (χ1v) is 46.5. The van der Waals surface area contributed by atoms with Crippen LogP contribution in [0.1, 0.15) is 91.7 Å². The molecule has 150 heavy (non-hydrogen) atoms. The van der Waals surface area contributed by atoms with Crippen LogP contribution in [-0.2, 0) is 97.4 Å². The predicted molar refractivity (Wildman–Crippen MR) is 584 cm³/mol. The van der Waals surface area contributed by atoms with Crippen molar-refractivity contribution in [2.24, 2.45) is 49.9 Å². The fraction of sp³-hybridized carbons (Fsp3) is 0.0165. The molecule has 4 aromatic heterocycles. The molecule has 0 aliphatic rings. The summed E-state index contributed by atoms with van der Waals surface area (Å²) in [5.74, 6) is 2.85. The van der Waals surface area contributed by atoms with E-state index in [4.69, 9.17) is 20.0 Å². The molecule has 720 valence electrons. The number of thiophene rings is 1. The van der Waals surface area contributed by atoms with Gasteiger partial charge in [-0.1, -0.05) is 255 Å². The first kappa shape index (κ1) is 115. The largest absolute Gasteiger partial charge is 0.507 e. The van der Waals surface area contributed by atoms with E-state index in [-0.39, 0.29) is 155 Å². The predicted octanol–water partition coefficient (Wildman–Crippen LogP) is 27.7. The van der Waals surface area contributed by atoms with Gasteiger partial charge in [-0.15, -0.1) is 11.3 Å². The molecule has 0 fully saturated rings. The summed E-state index contributed by atoms with van der Waals surface area (Å²) in [5, 5.41) is 105. The number of pyridine rings is 3. The van der Waals surface area contributed by atoms with Gasteiger partial charge in [0.15, 0.2) is 17.5 Å². The van der Waals surface area contributed by atoms with E-state index in [2.05, 4.69) is 44.9 Å². The number of hydrogen-bond acceptors (Lipinski definition) is 24. The van der Waals surface area contributed by atoms with E-state index in [9.17, 15) is 51.1 Å². The van der Waals surface area contributed by atoms with Gasteiger partial charge in [-0.05, 0) is 184 Å². The molecule has 0 aliphatic heterocycles. The Morgan fingerprint density at radius 3 is 0.727 bits per heavy atom. The number of phenolic OH excluding ortho intramolecular Hbond substituents is 10.